The maximum atomic E-state index is 14.1. The average Bonchev–Trinajstić information content (AvgIpc) is 2.91. The van der Waals surface area contributed by atoms with Crippen molar-refractivity contribution in [3.05, 3.63) is 68.7 Å². The largest absolute Gasteiger partial charge is 0.378 e. The molecule has 8 nitrogen and oxygen atoms in total. The van der Waals surface area contributed by atoms with Gasteiger partial charge in [-0.15, -0.1) is 0 Å². The first kappa shape index (κ1) is 25.5. The number of carbonyl (C=O) groups excluding carboxylic acids is 1. The zero-order chi connectivity index (χ0) is 26.1. The molecule has 1 saturated heterocycles. The van der Waals surface area contributed by atoms with E-state index in [2.05, 4.69) is 10.3 Å². The number of halogens is 1. The number of hydrogen-bond donors (Lipinski definition) is 1. The number of aromatic nitrogens is 3. The van der Waals surface area contributed by atoms with Crippen molar-refractivity contribution in [1.82, 2.24) is 19.4 Å². The normalized spacial score (nSPS) is 20.6. The van der Waals surface area contributed by atoms with E-state index in [1.54, 1.807) is 4.57 Å². The van der Waals surface area contributed by atoms with Gasteiger partial charge >= 0.3 is 5.69 Å². The second-order valence-electron chi connectivity index (χ2n) is 10.1. The number of pyridine rings is 1. The molecule has 10 heteroatoms. The highest BCUT2D eigenvalue weighted by Gasteiger charge is 2.29. The summed E-state index contributed by atoms with van der Waals surface area (Å²) < 4.78 is 17.0. The van der Waals surface area contributed by atoms with Crippen LogP contribution in [0.1, 0.15) is 61.0 Å². The molecule has 0 atom stereocenters. The topological polar surface area (TPSA) is 89.2 Å². The molecule has 0 unspecified atom stereocenters. The number of fused-ring (bicyclic) bond motifs is 1. The third-order valence-corrected chi connectivity index (χ3v) is 8.57. The number of rotatable bonds is 5. The van der Waals surface area contributed by atoms with Gasteiger partial charge in [0.15, 0.2) is 0 Å². The van der Waals surface area contributed by atoms with Gasteiger partial charge in [0.1, 0.15) is 11.5 Å². The van der Waals surface area contributed by atoms with Gasteiger partial charge in [0.05, 0.1) is 11.6 Å². The summed E-state index contributed by atoms with van der Waals surface area (Å²) in [5.74, 6) is 1.14. The molecule has 1 saturated carbocycles. The maximum Gasteiger partial charge on any atom is 0.333 e. The fourth-order valence-electron chi connectivity index (χ4n) is 5.46. The minimum absolute atomic E-state index is 0.0369. The van der Waals surface area contributed by atoms with Crippen LogP contribution in [0.15, 0.2) is 46.1 Å². The van der Waals surface area contributed by atoms with Gasteiger partial charge < -0.3 is 10.2 Å². The predicted molar refractivity (Wildman–Crippen MR) is 145 cm³/mol. The Morgan fingerprint density at radius 1 is 1.00 bits per heavy atom. The molecule has 5 rings (SSSR count). The van der Waals surface area contributed by atoms with Gasteiger partial charge in [-0.3, -0.25) is 18.7 Å². The molecule has 2 aliphatic rings. The Morgan fingerprint density at radius 2 is 1.65 bits per heavy atom. The highest BCUT2D eigenvalue weighted by atomic mass is 32.2. The number of amides is 1. The van der Waals surface area contributed by atoms with Crippen LogP contribution in [-0.4, -0.2) is 51.7 Å². The fourth-order valence-corrected chi connectivity index (χ4v) is 6.54. The SMILES string of the molecule is CN(C)c1ccc(C(=O)NC2CCC(n3c(=O)c4cc(F)cnc4n(C4CCSCC4)c3=O)CC2)cc1. The zero-order valence-corrected chi connectivity index (χ0v) is 22.0. The second-order valence-corrected chi connectivity index (χ2v) is 11.3. The van der Waals surface area contributed by atoms with E-state index < -0.39 is 11.4 Å². The van der Waals surface area contributed by atoms with E-state index >= 15 is 0 Å². The highest BCUT2D eigenvalue weighted by Crippen LogP contribution is 2.30. The van der Waals surface area contributed by atoms with Gasteiger partial charge in [0, 0.05) is 43.5 Å². The van der Waals surface area contributed by atoms with Crippen LogP contribution in [0.2, 0.25) is 0 Å². The first-order valence-corrected chi connectivity index (χ1v) is 14.0. The van der Waals surface area contributed by atoms with Crippen molar-refractivity contribution in [2.75, 3.05) is 30.5 Å². The predicted octanol–water partition coefficient (Wildman–Crippen LogP) is 3.75. The fraction of sp³-hybridized carbons (Fsp3) is 0.481. The quantitative estimate of drug-likeness (QED) is 0.546. The molecule has 1 aromatic carbocycles. The van der Waals surface area contributed by atoms with Crippen LogP contribution < -0.4 is 21.5 Å². The van der Waals surface area contributed by atoms with Crippen molar-refractivity contribution in [3.63, 3.8) is 0 Å². The van der Waals surface area contributed by atoms with Crippen LogP contribution in [0.3, 0.4) is 0 Å². The molecule has 1 aliphatic heterocycles. The van der Waals surface area contributed by atoms with Crippen molar-refractivity contribution < 1.29 is 9.18 Å². The van der Waals surface area contributed by atoms with Crippen LogP contribution in [0.5, 0.6) is 0 Å². The third-order valence-electron chi connectivity index (χ3n) is 7.52. The van der Waals surface area contributed by atoms with Gasteiger partial charge in [-0.25, -0.2) is 14.2 Å². The summed E-state index contributed by atoms with van der Waals surface area (Å²) in [6, 6.07) is 8.24. The number of anilines is 1. The molecular weight excluding hydrogens is 493 g/mol. The van der Waals surface area contributed by atoms with Crippen molar-refractivity contribution >= 4 is 34.4 Å². The van der Waals surface area contributed by atoms with Crippen molar-refractivity contribution in [1.29, 1.82) is 0 Å². The van der Waals surface area contributed by atoms with E-state index in [0.29, 0.717) is 31.2 Å². The minimum Gasteiger partial charge on any atom is -0.378 e. The molecule has 3 heterocycles. The first-order chi connectivity index (χ1) is 17.8. The molecule has 1 N–H and O–H groups in total. The molecule has 2 aromatic heterocycles. The maximum absolute atomic E-state index is 14.1. The Hall–Kier alpha value is -3.14. The Kier molecular flexibility index (Phi) is 7.37. The van der Waals surface area contributed by atoms with Crippen LogP contribution in [0.4, 0.5) is 10.1 Å². The molecule has 1 amide bonds. The number of nitrogens with one attached hydrogen (secondary N) is 1. The van der Waals surface area contributed by atoms with Crippen LogP contribution >= 0.6 is 11.8 Å². The molecule has 37 heavy (non-hydrogen) atoms. The van der Waals surface area contributed by atoms with Gasteiger partial charge in [-0.2, -0.15) is 11.8 Å². The van der Waals surface area contributed by atoms with Crippen molar-refractivity contribution in [3.8, 4) is 0 Å². The standard InChI is InChI=1S/C27H32FN5O3S/c1-31(2)20-7-3-17(4-8-20)25(34)30-19-5-9-21(10-6-19)33-26(35)23-15-18(28)16-29-24(23)32(27(33)36)22-11-13-37-14-12-22/h3-4,7-8,15-16,19,21-22H,5-6,9-14H2,1-2H3,(H,30,34). The van der Waals surface area contributed by atoms with Crippen molar-refractivity contribution in [2.45, 2.75) is 56.7 Å². The van der Waals surface area contributed by atoms with Gasteiger partial charge in [-0.05, 0) is 80.4 Å². The van der Waals surface area contributed by atoms with E-state index in [-0.39, 0.29) is 40.8 Å². The summed E-state index contributed by atoms with van der Waals surface area (Å²) in [6.45, 7) is 0. The third kappa shape index (κ3) is 5.16. The summed E-state index contributed by atoms with van der Waals surface area (Å²) in [6.07, 6.45) is 5.15. The Balaban J connectivity index is 1.37. The summed E-state index contributed by atoms with van der Waals surface area (Å²) in [4.78, 5) is 46.1. The first-order valence-electron chi connectivity index (χ1n) is 12.8. The van der Waals surface area contributed by atoms with E-state index in [4.69, 9.17) is 0 Å². The second kappa shape index (κ2) is 10.7. The Bertz CT molecular complexity index is 1400. The zero-order valence-electron chi connectivity index (χ0n) is 21.2. The number of hydrogen-bond acceptors (Lipinski definition) is 6. The number of carbonyl (C=O) groups is 1. The summed E-state index contributed by atoms with van der Waals surface area (Å²) in [7, 11) is 3.90. The molecule has 2 fully saturated rings. The van der Waals surface area contributed by atoms with Gasteiger partial charge in [0.25, 0.3) is 11.5 Å². The summed E-state index contributed by atoms with van der Waals surface area (Å²) in [5, 5.41) is 3.25. The highest BCUT2D eigenvalue weighted by molar-refractivity contribution is 7.99. The average molecular weight is 526 g/mol. The monoisotopic (exact) mass is 525 g/mol. The lowest BCUT2D eigenvalue weighted by Gasteiger charge is -2.31. The van der Waals surface area contributed by atoms with Crippen molar-refractivity contribution in [2.24, 2.45) is 0 Å². The molecule has 0 radical (unpaired) electrons. The van der Waals surface area contributed by atoms with Crippen LogP contribution in [0.25, 0.3) is 11.0 Å². The van der Waals surface area contributed by atoms with Gasteiger partial charge in [-0.1, -0.05) is 0 Å². The molecule has 1 aliphatic carbocycles. The molecule has 3 aromatic rings. The van der Waals surface area contributed by atoms with Crippen LogP contribution in [-0.2, 0) is 0 Å². The Labute approximate surface area is 218 Å². The number of nitrogens with zero attached hydrogens (tertiary/aromatic N) is 4. The van der Waals surface area contributed by atoms with E-state index in [1.807, 2.05) is 55.0 Å². The summed E-state index contributed by atoms with van der Waals surface area (Å²) in [5.41, 5.74) is 1.04. The lowest BCUT2D eigenvalue weighted by atomic mass is 9.90. The van der Waals surface area contributed by atoms with Gasteiger partial charge in [0.2, 0.25) is 0 Å². The number of benzene rings is 1. The minimum atomic E-state index is -0.592. The summed E-state index contributed by atoms with van der Waals surface area (Å²) >= 11 is 1.85. The smallest absolute Gasteiger partial charge is 0.333 e. The van der Waals surface area contributed by atoms with E-state index in [0.717, 1.165) is 36.2 Å². The molecule has 0 spiro atoms. The molecule has 196 valence electrons. The Morgan fingerprint density at radius 3 is 2.30 bits per heavy atom. The van der Waals surface area contributed by atoms with E-state index in [1.165, 1.54) is 10.6 Å². The lowest BCUT2D eigenvalue weighted by Crippen LogP contribution is -2.46. The molecular formula is C27H32FN5O3S. The van der Waals surface area contributed by atoms with Crippen LogP contribution in [0, 0.1) is 5.82 Å². The van der Waals surface area contributed by atoms with E-state index in [9.17, 15) is 18.8 Å². The number of thioether (sulfide) groups is 1. The molecule has 0 bridgehead atoms. The lowest BCUT2D eigenvalue weighted by molar-refractivity contribution is 0.0922.